The summed E-state index contributed by atoms with van der Waals surface area (Å²) in [6.07, 6.45) is -4.58. The molecule has 1 N–H and O–H groups in total. The predicted octanol–water partition coefficient (Wildman–Crippen LogP) is 5.37. The third kappa shape index (κ3) is 4.08. The Morgan fingerprint density at radius 1 is 1.19 bits per heavy atom. The van der Waals surface area contributed by atoms with Crippen molar-refractivity contribution in [3.8, 4) is 0 Å². The molecule has 0 spiro atoms. The molecule has 0 amide bonds. The molecule has 2 rings (SSSR count). The van der Waals surface area contributed by atoms with Crippen LogP contribution in [0.5, 0.6) is 0 Å². The number of aliphatic hydroxyl groups is 1. The van der Waals surface area contributed by atoms with Crippen LogP contribution in [0.4, 0.5) is 13.2 Å². The zero-order chi connectivity index (χ0) is 15.6. The number of aliphatic hydroxyl groups excluding tert-OH is 1. The van der Waals surface area contributed by atoms with Crippen molar-refractivity contribution in [2.45, 2.75) is 32.0 Å². The van der Waals surface area contributed by atoms with Gasteiger partial charge in [-0.2, -0.15) is 13.2 Å². The molecule has 0 saturated heterocycles. The second-order valence-electron chi connectivity index (χ2n) is 4.67. The van der Waals surface area contributed by atoms with Gasteiger partial charge in [0.25, 0.3) is 0 Å². The first kappa shape index (κ1) is 16.5. The fraction of sp³-hybridized carbons (Fsp3) is 0.333. The van der Waals surface area contributed by atoms with Gasteiger partial charge < -0.3 is 5.11 Å². The first-order valence-electron chi connectivity index (χ1n) is 6.43. The number of aryl methyl sites for hydroxylation is 1. The molecule has 0 aliphatic rings. The van der Waals surface area contributed by atoms with Crippen LogP contribution in [0, 0.1) is 0 Å². The van der Waals surface area contributed by atoms with Crippen LogP contribution in [0.2, 0.25) is 0 Å². The van der Waals surface area contributed by atoms with E-state index in [-0.39, 0.29) is 12.0 Å². The van der Waals surface area contributed by atoms with Crippen molar-refractivity contribution in [1.29, 1.82) is 0 Å². The van der Waals surface area contributed by atoms with Gasteiger partial charge in [0.1, 0.15) is 0 Å². The Morgan fingerprint density at radius 2 is 1.86 bits per heavy atom. The van der Waals surface area contributed by atoms with E-state index in [9.17, 15) is 18.3 Å². The number of alkyl halides is 3. The second kappa shape index (κ2) is 6.50. The summed E-state index contributed by atoms with van der Waals surface area (Å²) in [6.45, 7) is 2.02. The van der Waals surface area contributed by atoms with E-state index < -0.39 is 17.8 Å². The lowest BCUT2D eigenvalue weighted by Gasteiger charge is -2.17. The minimum absolute atomic E-state index is 0.0860. The molecule has 0 aliphatic heterocycles. The quantitative estimate of drug-likeness (QED) is 0.758. The Balaban J connectivity index is 2.28. The zero-order valence-electron chi connectivity index (χ0n) is 11.2. The molecule has 1 aromatic heterocycles. The highest BCUT2D eigenvalue weighted by Crippen LogP contribution is 2.37. The van der Waals surface area contributed by atoms with Gasteiger partial charge in [0.15, 0.2) is 0 Å². The Bertz CT molecular complexity index is 622. The smallest absolute Gasteiger partial charge is 0.388 e. The standard InChI is InChI=1S/C15H14BrF3OS/c1-2-10-4-5-11(21-10)8-14(20)12-6-3-9(16)7-13(12)15(17,18)19/h3-7,14,20H,2,8H2,1H3. The molecule has 0 radical (unpaired) electrons. The molecule has 114 valence electrons. The van der Waals surface area contributed by atoms with Crippen molar-refractivity contribution in [1.82, 2.24) is 0 Å². The van der Waals surface area contributed by atoms with Crippen LogP contribution >= 0.6 is 27.3 Å². The Labute approximate surface area is 133 Å². The van der Waals surface area contributed by atoms with Gasteiger partial charge in [-0.05, 0) is 36.2 Å². The summed E-state index contributed by atoms with van der Waals surface area (Å²) in [5.74, 6) is 0. The maximum absolute atomic E-state index is 13.1. The van der Waals surface area contributed by atoms with E-state index in [4.69, 9.17) is 0 Å². The Hall–Kier alpha value is -0.850. The SMILES string of the molecule is CCc1ccc(CC(O)c2ccc(Br)cc2C(F)(F)F)s1. The highest BCUT2D eigenvalue weighted by atomic mass is 79.9. The van der Waals surface area contributed by atoms with E-state index >= 15 is 0 Å². The van der Waals surface area contributed by atoms with Gasteiger partial charge in [0.05, 0.1) is 11.7 Å². The number of rotatable bonds is 4. The fourth-order valence-corrected chi connectivity index (χ4v) is 3.44. The molecule has 1 nitrogen and oxygen atoms in total. The third-order valence-corrected chi connectivity index (χ3v) is 4.89. The van der Waals surface area contributed by atoms with Gasteiger partial charge in [-0.15, -0.1) is 11.3 Å². The number of benzene rings is 1. The van der Waals surface area contributed by atoms with Crippen molar-refractivity contribution in [2.24, 2.45) is 0 Å². The first-order chi connectivity index (χ1) is 9.81. The monoisotopic (exact) mass is 378 g/mol. The average molecular weight is 379 g/mol. The summed E-state index contributed by atoms with van der Waals surface area (Å²) < 4.78 is 39.5. The largest absolute Gasteiger partial charge is 0.416 e. The molecule has 1 atom stereocenters. The molecule has 21 heavy (non-hydrogen) atoms. The van der Waals surface area contributed by atoms with Crippen molar-refractivity contribution >= 4 is 27.3 Å². The van der Waals surface area contributed by atoms with Crippen LogP contribution in [-0.2, 0) is 19.0 Å². The number of hydrogen-bond acceptors (Lipinski definition) is 2. The van der Waals surface area contributed by atoms with E-state index in [1.54, 1.807) is 0 Å². The molecule has 0 bridgehead atoms. The molecule has 1 unspecified atom stereocenters. The van der Waals surface area contributed by atoms with Crippen LogP contribution in [0.3, 0.4) is 0 Å². The summed E-state index contributed by atoms with van der Waals surface area (Å²) in [5.41, 5.74) is -0.881. The summed E-state index contributed by atoms with van der Waals surface area (Å²) in [7, 11) is 0. The highest BCUT2D eigenvalue weighted by molar-refractivity contribution is 9.10. The maximum Gasteiger partial charge on any atom is 0.416 e. The Morgan fingerprint density at radius 3 is 2.43 bits per heavy atom. The van der Waals surface area contributed by atoms with E-state index in [1.807, 2.05) is 19.1 Å². The Kier molecular flexibility index (Phi) is 5.11. The van der Waals surface area contributed by atoms with Crippen molar-refractivity contribution in [2.75, 3.05) is 0 Å². The van der Waals surface area contributed by atoms with Gasteiger partial charge in [-0.25, -0.2) is 0 Å². The summed E-state index contributed by atoms with van der Waals surface area (Å²) in [5, 5.41) is 10.2. The first-order valence-corrected chi connectivity index (χ1v) is 8.04. The molecule has 1 aromatic carbocycles. The lowest BCUT2D eigenvalue weighted by molar-refractivity contribution is -0.139. The minimum Gasteiger partial charge on any atom is -0.388 e. The van der Waals surface area contributed by atoms with E-state index in [0.717, 1.165) is 22.2 Å². The number of halogens is 4. The fourth-order valence-electron chi connectivity index (χ4n) is 2.09. The summed E-state index contributed by atoms with van der Waals surface area (Å²) in [4.78, 5) is 2.04. The molecule has 2 aromatic rings. The molecular formula is C15H14BrF3OS. The van der Waals surface area contributed by atoms with Crippen LogP contribution in [0.25, 0.3) is 0 Å². The highest BCUT2D eigenvalue weighted by Gasteiger charge is 2.35. The lowest BCUT2D eigenvalue weighted by Crippen LogP contribution is -2.13. The minimum atomic E-state index is -4.48. The van der Waals surface area contributed by atoms with Crippen molar-refractivity contribution in [3.05, 3.63) is 55.7 Å². The predicted molar refractivity (Wildman–Crippen MR) is 81.5 cm³/mol. The molecule has 0 fully saturated rings. The van der Waals surface area contributed by atoms with E-state index in [0.29, 0.717) is 4.47 Å². The maximum atomic E-state index is 13.1. The van der Waals surface area contributed by atoms with Gasteiger partial charge in [-0.1, -0.05) is 28.9 Å². The topological polar surface area (TPSA) is 20.2 Å². The van der Waals surface area contributed by atoms with Crippen molar-refractivity contribution < 1.29 is 18.3 Å². The third-order valence-electron chi connectivity index (χ3n) is 3.14. The normalized spacial score (nSPS) is 13.4. The molecule has 0 saturated carbocycles. The van der Waals surface area contributed by atoms with Crippen LogP contribution < -0.4 is 0 Å². The van der Waals surface area contributed by atoms with Gasteiger partial charge in [0.2, 0.25) is 0 Å². The number of thiophene rings is 1. The van der Waals surface area contributed by atoms with Gasteiger partial charge >= 0.3 is 6.18 Å². The van der Waals surface area contributed by atoms with Crippen LogP contribution in [-0.4, -0.2) is 5.11 Å². The van der Waals surface area contributed by atoms with Crippen LogP contribution in [0.15, 0.2) is 34.8 Å². The van der Waals surface area contributed by atoms with Gasteiger partial charge in [-0.3, -0.25) is 0 Å². The molecule has 6 heteroatoms. The summed E-state index contributed by atoms with van der Waals surface area (Å²) in [6, 6.07) is 7.65. The average Bonchev–Trinajstić information content (AvgIpc) is 2.85. The number of hydrogen-bond donors (Lipinski definition) is 1. The molecular weight excluding hydrogens is 365 g/mol. The second-order valence-corrected chi connectivity index (χ2v) is 6.84. The van der Waals surface area contributed by atoms with E-state index in [2.05, 4.69) is 15.9 Å². The van der Waals surface area contributed by atoms with E-state index in [1.165, 1.54) is 23.5 Å². The zero-order valence-corrected chi connectivity index (χ0v) is 13.6. The van der Waals surface area contributed by atoms with Crippen LogP contribution in [0.1, 0.15) is 33.9 Å². The lowest BCUT2D eigenvalue weighted by atomic mass is 9.99. The summed E-state index contributed by atoms with van der Waals surface area (Å²) >= 11 is 4.56. The van der Waals surface area contributed by atoms with Crippen molar-refractivity contribution in [3.63, 3.8) is 0 Å². The molecule has 1 heterocycles. The van der Waals surface area contributed by atoms with Gasteiger partial charge in [0, 0.05) is 20.6 Å². The molecule has 0 aliphatic carbocycles.